The Balaban J connectivity index is 1.79. The largest absolute Gasteiger partial charge is 0.490 e. The van der Waals surface area contributed by atoms with Crippen molar-refractivity contribution in [2.75, 3.05) is 39.4 Å². The molecule has 0 atom stereocenters. The SMILES string of the molecule is CCOc1ccccc1OCCC(=O)N1CCNCC1. The van der Waals surface area contributed by atoms with Crippen molar-refractivity contribution in [1.82, 2.24) is 10.2 Å². The first-order valence-electron chi connectivity index (χ1n) is 7.14. The third-order valence-electron chi connectivity index (χ3n) is 3.19. The van der Waals surface area contributed by atoms with Crippen LogP contribution in [0.25, 0.3) is 0 Å². The minimum absolute atomic E-state index is 0.153. The zero-order chi connectivity index (χ0) is 14.2. The van der Waals surface area contributed by atoms with Crippen LogP contribution in [-0.2, 0) is 4.79 Å². The molecule has 1 fully saturated rings. The van der Waals surface area contributed by atoms with Gasteiger partial charge < -0.3 is 19.7 Å². The van der Waals surface area contributed by atoms with Gasteiger partial charge in [0, 0.05) is 26.2 Å². The van der Waals surface area contributed by atoms with Gasteiger partial charge in [0.2, 0.25) is 5.91 Å². The number of nitrogens with one attached hydrogen (secondary N) is 1. The van der Waals surface area contributed by atoms with Crippen LogP contribution >= 0.6 is 0 Å². The summed E-state index contributed by atoms with van der Waals surface area (Å²) < 4.78 is 11.1. The predicted molar refractivity (Wildman–Crippen MR) is 77.2 cm³/mol. The Morgan fingerprint density at radius 2 is 1.85 bits per heavy atom. The van der Waals surface area contributed by atoms with Gasteiger partial charge in [0.15, 0.2) is 11.5 Å². The standard InChI is InChI=1S/C15H22N2O3/c1-2-19-13-5-3-4-6-14(13)20-12-7-15(18)17-10-8-16-9-11-17/h3-6,16H,2,7-12H2,1H3. The summed E-state index contributed by atoms with van der Waals surface area (Å²) in [5.74, 6) is 1.58. The Morgan fingerprint density at radius 3 is 2.50 bits per heavy atom. The fourth-order valence-corrected chi connectivity index (χ4v) is 2.16. The summed E-state index contributed by atoms with van der Waals surface area (Å²) in [5, 5.41) is 3.23. The smallest absolute Gasteiger partial charge is 0.226 e. The molecule has 1 aromatic carbocycles. The van der Waals surface area contributed by atoms with Gasteiger partial charge in [-0.1, -0.05) is 12.1 Å². The van der Waals surface area contributed by atoms with E-state index in [9.17, 15) is 4.79 Å². The molecule has 0 saturated carbocycles. The van der Waals surface area contributed by atoms with Crippen molar-refractivity contribution < 1.29 is 14.3 Å². The molecule has 1 amide bonds. The summed E-state index contributed by atoms with van der Waals surface area (Å²) in [6.07, 6.45) is 0.403. The second-order valence-electron chi connectivity index (χ2n) is 4.61. The van der Waals surface area contributed by atoms with Gasteiger partial charge in [-0.3, -0.25) is 4.79 Å². The number of hydrogen-bond acceptors (Lipinski definition) is 4. The predicted octanol–water partition coefficient (Wildman–Crippen LogP) is 1.29. The van der Waals surface area contributed by atoms with Crippen molar-refractivity contribution >= 4 is 5.91 Å². The van der Waals surface area contributed by atoms with Gasteiger partial charge in [-0.05, 0) is 19.1 Å². The number of para-hydroxylation sites is 2. The maximum Gasteiger partial charge on any atom is 0.226 e. The third kappa shape index (κ3) is 4.13. The summed E-state index contributed by atoms with van der Waals surface area (Å²) >= 11 is 0. The molecule has 0 spiro atoms. The van der Waals surface area contributed by atoms with Crippen molar-refractivity contribution in [3.63, 3.8) is 0 Å². The number of nitrogens with zero attached hydrogens (tertiary/aromatic N) is 1. The van der Waals surface area contributed by atoms with Crippen molar-refractivity contribution in [2.24, 2.45) is 0 Å². The molecule has 110 valence electrons. The Bertz CT molecular complexity index is 431. The first-order valence-corrected chi connectivity index (χ1v) is 7.14. The molecular formula is C15H22N2O3. The van der Waals surface area contributed by atoms with E-state index in [4.69, 9.17) is 9.47 Å². The topological polar surface area (TPSA) is 50.8 Å². The number of benzene rings is 1. The monoisotopic (exact) mass is 278 g/mol. The summed E-state index contributed by atoms with van der Waals surface area (Å²) in [7, 11) is 0. The lowest BCUT2D eigenvalue weighted by Crippen LogP contribution is -2.46. The van der Waals surface area contributed by atoms with Gasteiger partial charge in [0.05, 0.1) is 19.6 Å². The quantitative estimate of drug-likeness (QED) is 0.852. The number of ether oxygens (including phenoxy) is 2. The molecular weight excluding hydrogens is 256 g/mol. The minimum Gasteiger partial charge on any atom is -0.490 e. The van der Waals surface area contributed by atoms with Crippen molar-refractivity contribution in [3.05, 3.63) is 24.3 Å². The highest BCUT2D eigenvalue weighted by Gasteiger charge is 2.16. The summed E-state index contributed by atoms with van der Waals surface area (Å²) in [6.45, 7) is 6.24. The third-order valence-corrected chi connectivity index (χ3v) is 3.19. The van der Waals surface area contributed by atoms with Crippen LogP contribution in [0.1, 0.15) is 13.3 Å². The van der Waals surface area contributed by atoms with E-state index in [2.05, 4.69) is 5.32 Å². The van der Waals surface area contributed by atoms with Crippen LogP contribution in [-0.4, -0.2) is 50.2 Å². The number of carbonyl (C=O) groups is 1. The molecule has 1 aliphatic rings. The zero-order valence-corrected chi connectivity index (χ0v) is 11.9. The molecule has 1 N–H and O–H groups in total. The van der Waals surface area contributed by atoms with Crippen LogP contribution < -0.4 is 14.8 Å². The van der Waals surface area contributed by atoms with E-state index < -0.39 is 0 Å². The van der Waals surface area contributed by atoms with Crippen LogP contribution in [0.5, 0.6) is 11.5 Å². The second kappa shape index (κ2) is 7.75. The van der Waals surface area contributed by atoms with Crippen LogP contribution in [0.4, 0.5) is 0 Å². The highest BCUT2D eigenvalue weighted by Crippen LogP contribution is 2.26. The van der Waals surface area contributed by atoms with Crippen molar-refractivity contribution in [1.29, 1.82) is 0 Å². The molecule has 5 nitrogen and oxygen atoms in total. The minimum atomic E-state index is 0.153. The molecule has 20 heavy (non-hydrogen) atoms. The maximum atomic E-state index is 12.0. The van der Waals surface area contributed by atoms with Crippen molar-refractivity contribution in [3.8, 4) is 11.5 Å². The number of amides is 1. The lowest BCUT2D eigenvalue weighted by Gasteiger charge is -2.27. The van der Waals surface area contributed by atoms with Gasteiger partial charge in [0.25, 0.3) is 0 Å². The average Bonchev–Trinajstić information content (AvgIpc) is 2.50. The number of piperazine rings is 1. The molecule has 0 aromatic heterocycles. The molecule has 0 radical (unpaired) electrons. The van der Waals surface area contributed by atoms with Crippen molar-refractivity contribution in [2.45, 2.75) is 13.3 Å². The Kier molecular flexibility index (Phi) is 5.68. The molecule has 2 rings (SSSR count). The summed E-state index contributed by atoms with van der Waals surface area (Å²) in [5.41, 5.74) is 0. The molecule has 0 bridgehead atoms. The van der Waals surface area contributed by atoms with Crippen LogP contribution in [0, 0.1) is 0 Å². The van der Waals surface area contributed by atoms with Crippen LogP contribution in [0.3, 0.4) is 0 Å². The zero-order valence-electron chi connectivity index (χ0n) is 11.9. The van der Waals surface area contributed by atoms with E-state index in [1.54, 1.807) is 0 Å². The fourth-order valence-electron chi connectivity index (χ4n) is 2.16. The van der Waals surface area contributed by atoms with Gasteiger partial charge in [-0.15, -0.1) is 0 Å². The fraction of sp³-hybridized carbons (Fsp3) is 0.533. The van der Waals surface area contributed by atoms with E-state index in [1.165, 1.54) is 0 Å². The van der Waals surface area contributed by atoms with Gasteiger partial charge in [-0.25, -0.2) is 0 Å². The van der Waals surface area contributed by atoms with E-state index >= 15 is 0 Å². The highest BCUT2D eigenvalue weighted by molar-refractivity contribution is 5.76. The molecule has 5 heteroatoms. The second-order valence-corrected chi connectivity index (χ2v) is 4.61. The number of carbonyl (C=O) groups excluding carboxylic acids is 1. The van der Waals surface area contributed by atoms with E-state index in [1.807, 2.05) is 36.1 Å². The molecule has 1 saturated heterocycles. The Morgan fingerprint density at radius 1 is 1.20 bits per heavy atom. The molecule has 0 unspecified atom stereocenters. The Labute approximate surface area is 119 Å². The number of rotatable bonds is 6. The molecule has 1 heterocycles. The van der Waals surface area contributed by atoms with Gasteiger partial charge >= 0.3 is 0 Å². The summed E-state index contributed by atoms with van der Waals surface area (Å²) in [4.78, 5) is 13.9. The molecule has 1 aromatic rings. The molecule has 0 aliphatic carbocycles. The lowest BCUT2D eigenvalue weighted by molar-refractivity contribution is -0.132. The summed E-state index contributed by atoms with van der Waals surface area (Å²) in [6, 6.07) is 7.54. The first kappa shape index (κ1) is 14.7. The average molecular weight is 278 g/mol. The van der Waals surface area contributed by atoms with Gasteiger partial charge in [0.1, 0.15) is 0 Å². The maximum absolute atomic E-state index is 12.0. The van der Waals surface area contributed by atoms with Crippen LogP contribution in [0.2, 0.25) is 0 Å². The van der Waals surface area contributed by atoms with E-state index in [0.717, 1.165) is 31.9 Å². The van der Waals surface area contributed by atoms with E-state index in [-0.39, 0.29) is 5.91 Å². The van der Waals surface area contributed by atoms with E-state index in [0.29, 0.717) is 25.4 Å². The number of hydrogen-bond donors (Lipinski definition) is 1. The van der Waals surface area contributed by atoms with Gasteiger partial charge in [-0.2, -0.15) is 0 Å². The first-order chi connectivity index (χ1) is 9.81. The normalized spacial score (nSPS) is 14.9. The highest BCUT2D eigenvalue weighted by atomic mass is 16.5. The lowest BCUT2D eigenvalue weighted by atomic mass is 10.3. The molecule has 1 aliphatic heterocycles. The van der Waals surface area contributed by atoms with Crippen LogP contribution in [0.15, 0.2) is 24.3 Å². The Hall–Kier alpha value is -1.75.